The zero-order valence-corrected chi connectivity index (χ0v) is 7.60. The molecule has 1 aromatic rings. The van der Waals surface area contributed by atoms with Crippen LogP contribution in [0.4, 0.5) is 10.6 Å². The van der Waals surface area contributed by atoms with Gasteiger partial charge in [0.25, 0.3) is 5.91 Å². The lowest BCUT2D eigenvalue weighted by Gasteiger charge is -2.02. The summed E-state index contributed by atoms with van der Waals surface area (Å²) in [6, 6.07) is 0. The van der Waals surface area contributed by atoms with Gasteiger partial charge in [-0.2, -0.15) is 0 Å². The van der Waals surface area contributed by atoms with Crippen LogP contribution in [-0.4, -0.2) is 35.5 Å². The Morgan fingerprint density at radius 2 is 2.20 bits per heavy atom. The summed E-state index contributed by atoms with van der Waals surface area (Å²) < 4.78 is 8.59. The van der Waals surface area contributed by atoms with Crippen molar-refractivity contribution in [1.29, 1.82) is 0 Å². The van der Waals surface area contributed by atoms with Gasteiger partial charge in [0.05, 0.1) is 6.54 Å². The van der Waals surface area contributed by atoms with Crippen LogP contribution in [0.25, 0.3) is 0 Å². The molecule has 0 spiro atoms. The van der Waals surface area contributed by atoms with Gasteiger partial charge in [-0.3, -0.25) is 4.79 Å². The number of nitrogens with two attached hydrogens (primary N) is 2. The van der Waals surface area contributed by atoms with E-state index in [1.807, 2.05) is 0 Å². The van der Waals surface area contributed by atoms with Crippen LogP contribution in [0.1, 0.15) is 10.5 Å². The number of carbonyl (C=O) groups is 2. The molecule has 0 saturated heterocycles. The fourth-order valence-corrected chi connectivity index (χ4v) is 0.753. The van der Waals surface area contributed by atoms with Crippen molar-refractivity contribution in [1.82, 2.24) is 15.6 Å². The molecule has 15 heavy (non-hydrogen) atoms. The van der Waals surface area contributed by atoms with Crippen LogP contribution in [0.3, 0.4) is 0 Å². The second-order valence-electron chi connectivity index (χ2n) is 2.42. The number of aromatic nitrogens is 2. The highest BCUT2D eigenvalue weighted by molar-refractivity contribution is 5.95. The first-order valence-corrected chi connectivity index (χ1v) is 3.89. The molecule has 1 aromatic heterocycles. The maximum Gasteiger partial charge on any atom is 0.404 e. The Hall–Kier alpha value is -2.32. The Kier molecular flexibility index (Phi) is 3.43. The van der Waals surface area contributed by atoms with Crippen molar-refractivity contribution in [2.24, 2.45) is 5.73 Å². The molecule has 2 amide bonds. The number of nitrogens with zero attached hydrogens (tertiary/aromatic N) is 2. The van der Waals surface area contributed by atoms with Gasteiger partial charge in [-0.05, 0) is 10.3 Å². The van der Waals surface area contributed by atoms with Gasteiger partial charge in [-0.1, -0.05) is 0 Å². The third-order valence-electron chi connectivity index (χ3n) is 1.36. The number of nitrogens with one attached hydrogen (secondary N) is 1. The minimum atomic E-state index is -0.910. The van der Waals surface area contributed by atoms with E-state index in [9.17, 15) is 9.59 Å². The summed E-state index contributed by atoms with van der Waals surface area (Å²) in [6.07, 6.45) is -0.910. The molecule has 0 saturated carbocycles. The van der Waals surface area contributed by atoms with Gasteiger partial charge in [-0.25, -0.2) is 9.42 Å². The summed E-state index contributed by atoms with van der Waals surface area (Å²) in [4.78, 5) is 21.4. The molecule has 0 aliphatic rings. The molecule has 0 fully saturated rings. The molecule has 0 aliphatic heterocycles. The molecule has 0 radical (unpaired) electrons. The Balaban J connectivity index is 2.31. The lowest BCUT2D eigenvalue weighted by atomic mass is 10.4. The van der Waals surface area contributed by atoms with Crippen molar-refractivity contribution < 1.29 is 19.0 Å². The minimum Gasteiger partial charge on any atom is -0.448 e. The molecule has 0 aliphatic carbocycles. The highest BCUT2D eigenvalue weighted by Crippen LogP contribution is 2.02. The van der Waals surface area contributed by atoms with Crippen molar-refractivity contribution in [2.45, 2.75) is 0 Å². The van der Waals surface area contributed by atoms with Crippen LogP contribution in [0.2, 0.25) is 0 Å². The van der Waals surface area contributed by atoms with E-state index < -0.39 is 12.0 Å². The van der Waals surface area contributed by atoms with Gasteiger partial charge in [0.2, 0.25) is 11.5 Å². The van der Waals surface area contributed by atoms with E-state index in [0.29, 0.717) is 0 Å². The molecule has 5 N–H and O–H groups in total. The molecule has 82 valence electrons. The third-order valence-corrected chi connectivity index (χ3v) is 1.36. The predicted octanol–water partition coefficient (Wildman–Crippen LogP) is -1.52. The molecule has 0 bridgehead atoms. The van der Waals surface area contributed by atoms with Gasteiger partial charge < -0.3 is 21.5 Å². The highest BCUT2D eigenvalue weighted by Gasteiger charge is 2.14. The number of amides is 2. The minimum absolute atomic E-state index is 0.0355. The van der Waals surface area contributed by atoms with Crippen LogP contribution in [0, 0.1) is 0 Å². The summed E-state index contributed by atoms with van der Waals surface area (Å²) in [7, 11) is 0. The van der Waals surface area contributed by atoms with Crippen molar-refractivity contribution >= 4 is 17.8 Å². The summed E-state index contributed by atoms with van der Waals surface area (Å²) in [6.45, 7) is 0.0559. The van der Waals surface area contributed by atoms with E-state index in [2.05, 4.69) is 25.0 Å². The second-order valence-corrected chi connectivity index (χ2v) is 2.42. The zero-order chi connectivity index (χ0) is 11.3. The molecule has 9 nitrogen and oxygen atoms in total. The highest BCUT2D eigenvalue weighted by atomic mass is 16.6. The molecule has 0 unspecified atom stereocenters. The Labute approximate surface area is 83.7 Å². The topological polar surface area (TPSA) is 146 Å². The van der Waals surface area contributed by atoms with E-state index in [1.54, 1.807) is 0 Å². The van der Waals surface area contributed by atoms with Gasteiger partial charge in [0, 0.05) is 0 Å². The van der Waals surface area contributed by atoms with Crippen molar-refractivity contribution in [3.8, 4) is 0 Å². The summed E-state index contributed by atoms with van der Waals surface area (Å²) in [5.74, 6) is -0.676. The summed E-state index contributed by atoms with van der Waals surface area (Å²) >= 11 is 0. The quantitative estimate of drug-likeness (QED) is 0.516. The van der Waals surface area contributed by atoms with Gasteiger partial charge >= 0.3 is 6.09 Å². The molecular weight excluding hydrogens is 206 g/mol. The predicted molar refractivity (Wildman–Crippen MR) is 46.6 cm³/mol. The van der Waals surface area contributed by atoms with E-state index in [-0.39, 0.29) is 24.7 Å². The Morgan fingerprint density at radius 3 is 2.73 bits per heavy atom. The zero-order valence-electron chi connectivity index (χ0n) is 7.60. The molecule has 0 aromatic carbocycles. The first kappa shape index (κ1) is 10.8. The molecule has 1 heterocycles. The van der Waals surface area contributed by atoms with Crippen molar-refractivity contribution in [3.05, 3.63) is 5.69 Å². The average Bonchev–Trinajstić information content (AvgIpc) is 2.58. The maximum atomic E-state index is 11.2. The largest absolute Gasteiger partial charge is 0.448 e. The average molecular weight is 215 g/mol. The number of hydrogen-bond donors (Lipinski definition) is 3. The second kappa shape index (κ2) is 4.79. The van der Waals surface area contributed by atoms with Crippen LogP contribution in [-0.2, 0) is 4.74 Å². The summed E-state index contributed by atoms with van der Waals surface area (Å²) in [5.41, 5.74) is 9.84. The first-order valence-electron chi connectivity index (χ1n) is 3.89. The Morgan fingerprint density at radius 1 is 1.47 bits per heavy atom. The number of hydrogen-bond acceptors (Lipinski definition) is 7. The van der Waals surface area contributed by atoms with E-state index in [0.717, 1.165) is 0 Å². The van der Waals surface area contributed by atoms with E-state index >= 15 is 0 Å². The number of primary amides is 1. The number of nitrogen functional groups attached to an aromatic ring is 1. The van der Waals surface area contributed by atoms with Gasteiger partial charge in [-0.15, -0.1) is 0 Å². The number of rotatable bonds is 4. The number of anilines is 1. The fourth-order valence-electron chi connectivity index (χ4n) is 0.753. The van der Waals surface area contributed by atoms with Crippen molar-refractivity contribution in [3.63, 3.8) is 0 Å². The van der Waals surface area contributed by atoms with Crippen LogP contribution >= 0.6 is 0 Å². The standard InChI is InChI=1S/C6H9N5O4/c7-4-3(10-15-11-4)5(12)9-1-2-14-6(8)13/h1-2H2,(H2,7,11)(H2,8,13)(H,9,12). The molecule has 9 heteroatoms. The van der Waals surface area contributed by atoms with E-state index in [4.69, 9.17) is 11.5 Å². The number of ether oxygens (including phenoxy) is 1. The lowest BCUT2D eigenvalue weighted by molar-refractivity contribution is 0.0927. The first-order chi connectivity index (χ1) is 7.11. The molecule has 0 atom stereocenters. The van der Waals surface area contributed by atoms with Crippen LogP contribution in [0.15, 0.2) is 4.63 Å². The van der Waals surface area contributed by atoms with Crippen molar-refractivity contribution in [2.75, 3.05) is 18.9 Å². The maximum absolute atomic E-state index is 11.2. The Bertz CT molecular complexity index is 362. The normalized spacial score (nSPS) is 9.60. The van der Waals surface area contributed by atoms with Crippen LogP contribution in [0.5, 0.6) is 0 Å². The lowest BCUT2D eigenvalue weighted by Crippen LogP contribution is -2.29. The molecular formula is C6H9N5O4. The fraction of sp³-hybridized carbons (Fsp3) is 0.333. The monoisotopic (exact) mass is 215 g/mol. The van der Waals surface area contributed by atoms with Gasteiger partial charge in [0.15, 0.2) is 0 Å². The molecule has 1 rings (SSSR count). The number of carbonyl (C=O) groups excluding carboxylic acids is 2. The summed E-state index contributed by atoms with van der Waals surface area (Å²) in [5, 5.41) is 8.86. The van der Waals surface area contributed by atoms with Gasteiger partial charge in [0.1, 0.15) is 6.61 Å². The SMILES string of the molecule is NC(=O)OCCNC(=O)c1nonc1N. The van der Waals surface area contributed by atoms with E-state index in [1.165, 1.54) is 0 Å². The smallest absolute Gasteiger partial charge is 0.404 e. The van der Waals surface area contributed by atoms with Crippen LogP contribution < -0.4 is 16.8 Å². The third kappa shape index (κ3) is 3.14.